The normalized spacial score (nSPS) is 18.1. The molecule has 1 aliphatic carbocycles. The van der Waals surface area contributed by atoms with Crippen LogP contribution in [0.15, 0.2) is 0 Å². The molecule has 0 aromatic heterocycles. The minimum atomic E-state index is 0.157. The maximum Gasteiger partial charge on any atom is 0.237 e. The van der Waals surface area contributed by atoms with Crippen LogP contribution in [0.2, 0.25) is 0 Å². The summed E-state index contributed by atoms with van der Waals surface area (Å²) < 4.78 is 0. The van der Waals surface area contributed by atoms with E-state index in [2.05, 4.69) is 10.9 Å². The first kappa shape index (κ1) is 8.53. The minimum Gasteiger partial charge on any atom is -0.291 e. The number of hydrogen-bond donors (Lipinski definition) is 2. The van der Waals surface area contributed by atoms with E-state index in [1.807, 2.05) is 13.8 Å². The summed E-state index contributed by atoms with van der Waals surface area (Å²) in [4.78, 5) is 11.2. The number of rotatable bonds is 3. The van der Waals surface area contributed by atoms with Crippen molar-refractivity contribution in [1.82, 2.24) is 10.9 Å². The van der Waals surface area contributed by atoms with Gasteiger partial charge in [0.1, 0.15) is 0 Å². The molecule has 0 aliphatic heterocycles. The Balaban J connectivity index is 2.10. The third-order valence-corrected chi connectivity index (χ3v) is 1.96. The zero-order valence-corrected chi connectivity index (χ0v) is 7.18. The van der Waals surface area contributed by atoms with Crippen molar-refractivity contribution in [3.63, 3.8) is 0 Å². The maximum atomic E-state index is 11.2. The molecule has 3 nitrogen and oxygen atoms in total. The molecule has 1 amide bonds. The third-order valence-electron chi connectivity index (χ3n) is 1.96. The van der Waals surface area contributed by atoms with Gasteiger partial charge in [0, 0.05) is 12.0 Å². The highest BCUT2D eigenvalue weighted by Gasteiger charge is 2.24. The fourth-order valence-electron chi connectivity index (χ4n) is 0.988. The Morgan fingerprint density at radius 3 is 2.45 bits per heavy atom. The number of amides is 1. The van der Waals surface area contributed by atoms with Crippen LogP contribution in [0.1, 0.15) is 33.1 Å². The third kappa shape index (κ3) is 2.50. The standard InChI is InChI=1S/C8H16N2O/c1-6(2)9-10-8(11)7-4-3-5-7/h6-7,9H,3-5H2,1-2H3,(H,10,11). The zero-order chi connectivity index (χ0) is 8.27. The van der Waals surface area contributed by atoms with Crippen LogP contribution in [-0.2, 0) is 4.79 Å². The highest BCUT2D eigenvalue weighted by atomic mass is 16.2. The molecule has 0 aromatic rings. The molecule has 3 heteroatoms. The average Bonchev–Trinajstić information content (AvgIpc) is 1.79. The second-order valence-electron chi connectivity index (χ2n) is 3.42. The maximum absolute atomic E-state index is 11.2. The van der Waals surface area contributed by atoms with Gasteiger partial charge in [-0.1, -0.05) is 6.42 Å². The van der Waals surface area contributed by atoms with Crippen molar-refractivity contribution in [2.45, 2.75) is 39.2 Å². The van der Waals surface area contributed by atoms with Gasteiger partial charge in [0.15, 0.2) is 0 Å². The van der Waals surface area contributed by atoms with Gasteiger partial charge in [-0.25, -0.2) is 5.43 Å². The Kier molecular flexibility index (Phi) is 2.88. The number of carbonyl (C=O) groups excluding carboxylic acids is 1. The molecule has 0 atom stereocenters. The Morgan fingerprint density at radius 2 is 2.09 bits per heavy atom. The fourth-order valence-corrected chi connectivity index (χ4v) is 0.988. The molecule has 0 radical (unpaired) electrons. The largest absolute Gasteiger partial charge is 0.291 e. The van der Waals surface area contributed by atoms with E-state index in [1.165, 1.54) is 6.42 Å². The lowest BCUT2D eigenvalue weighted by Gasteiger charge is -2.24. The zero-order valence-electron chi connectivity index (χ0n) is 7.18. The summed E-state index contributed by atoms with van der Waals surface area (Å²) in [6.45, 7) is 4.00. The van der Waals surface area contributed by atoms with E-state index >= 15 is 0 Å². The number of nitrogens with one attached hydrogen (secondary N) is 2. The average molecular weight is 156 g/mol. The summed E-state index contributed by atoms with van der Waals surface area (Å²) in [5, 5.41) is 0. The van der Waals surface area contributed by atoms with Crippen molar-refractivity contribution >= 4 is 5.91 Å². The van der Waals surface area contributed by atoms with Crippen molar-refractivity contribution in [3.8, 4) is 0 Å². The van der Waals surface area contributed by atoms with Crippen LogP contribution in [0.5, 0.6) is 0 Å². The lowest BCUT2D eigenvalue weighted by molar-refractivity contribution is -0.128. The van der Waals surface area contributed by atoms with Gasteiger partial charge in [-0.15, -0.1) is 0 Å². The summed E-state index contributed by atoms with van der Waals surface area (Å²) in [6.07, 6.45) is 3.33. The van der Waals surface area contributed by atoms with Crippen molar-refractivity contribution < 1.29 is 4.79 Å². The van der Waals surface area contributed by atoms with E-state index < -0.39 is 0 Å². The van der Waals surface area contributed by atoms with Crippen LogP contribution >= 0.6 is 0 Å². The van der Waals surface area contributed by atoms with Crippen molar-refractivity contribution in [2.24, 2.45) is 5.92 Å². The molecule has 0 bridgehead atoms. The number of hydrogen-bond acceptors (Lipinski definition) is 2. The molecule has 0 heterocycles. The van der Waals surface area contributed by atoms with Gasteiger partial charge in [-0.05, 0) is 26.7 Å². The van der Waals surface area contributed by atoms with Gasteiger partial charge in [0.25, 0.3) is 0 Å². The number of carbonyl (C=O) groups is 1. The van der Waals surface area contributed by atoms with Crippen LogP contribution in [0, 0.1) is 5.92 Å². The van der Waals surface area contributed by atoms with Gasteiger partial charge < -0.3 is 0 Å². The second-order valence-corrected chi connectivity index (χ2v) is 3.42. The van der Waals surface area contributed by atoms with Crippen molar-refractivity contribution in [2.75, 3.05) is 0 Å². The topological polar surface area (TPSA) is 41.1 Å². The molecule has 0 spiro atoms. The van der Waals surface area contributed by atoms with E-state index in [0.29, 0.717) is 6.04 Å². The van der Waals surface area contributed by atoms with Crippen LogP contribution in [0.3, 0.4) is 0 Å². The van der Waals surface area contributed by atoms with Crippen molar-refractivity contribution in [1.29, 1.82) is 0 Å². The highest BCUT2D eigenvalue weighted by molar-refractivity contribution is 5.78. The Labute approximate surface area is 67.5 Å². The smallest absolute Gasteiger partial charge is 0.237 e. The molecule has 11 heavy (non-hydrogen) atoms. The summed E-state index contributed by atoms with van der Waals surface area (Å²) in [6, 6.07) is 0.319. The molecule has 64 valence electrons. The molecule has 0 saturated heterocycles. The molecular weight excluding hydrogens is 140 g/mol. The number of hydrazine groups is 1. The summed E-state index contributed by atoms with van der Waals surface area (Å²) >= 11 is 0. The second kappa shape index (κ2) is 3.72. The van der Waals surface area contributed by atoms with Crippen LogP contribution in [0.4, 0.5) is 0 Å². The van der Waals surface area contributed by atoms with Gasteiger partial charge in [0.05, 0.1) is 0 Å². The lowest BCUT2D eigenvalue weighted by atomic mass is 9.85. The predicted molar refractivity (Wildman–Crippen MR) is 43.8 cm³/mol. The molecule has 2 N–H and O–H groups in total. The summed E-state index contributed by atoms with van der Waals surface area (Å²) in [7, 11) is 0. The van der Waals surface area contributed by atoms with Gasteiger partial charge >= 0.3 is 0 Å². The molecule has 1 aliphatic rings. The lowest BCUT2D eigenvalue weighted by Crippen LogP contribution is -2.46. The molecule has 1 saturated carbocycles. The predicted octanol–water partition coefficient (Wildman–Crippen LogP) is 0.816. The SMILES string of the molecule is CC(C)NNC(=O)C1CCC1. The van der Waals surface area contributed by atoms with Gasteiger partial charge in [0.2, 0.25) is 5.91 Å². The van der Waals surface area contributed by atoms with Gasteiger partial charge in [-0.3, -0.25) is 10.2 Å². The quantitative estimate of drug-likeness (QED) is 0.594. The molecule has 0 unspecified atom stereocenters. The Bertz CT molecular complexity index is 141. The summed E-state index contributed by atoms with van der Waals surface area (Å²) in [5.41, 5.74) is 5.59. The molecule has 1 fully saturated rings. The molecule has 0 aromatic carbocycles. The minimum absolute atomic E-state index is 0.157. The van der Waals surface area contributed by atoms with Crippen LogP contribution in [-0.4, -0.2) is 11.9 Å². The van der Waals surface area contributed by atoms with Crippen LogP contribution < -0.4 is 10.9 Å². The molecular formula is C8H16N2O. The van der Waals surface area contributed by atoms with Crippen molar-refractivity contribution in [3.05, 3.63) is 0 Å². The first-order chi connectivity index (χ1) is 5.20. The van der Waals surface area contributed by atoms with Gasteiger partial charge in [-0.2, -0.15) is 0 Å². The van der Waals surface area contributed by atoms with E-state index in [9.17, 15) is 4.79 Å². The monoisotopic (exact) mass is 156 g/mol. The summed E-state index contributed by atoms with van der Waals surface area (Å²) in [5.74, 6) is 0.436. The molecule has 1 rings (SSSR count). The fraction of sp³-hybridized carbons (Fsp3) is 0.875. The van der Waals surface area contributed by atoms with E-state index in [1.54, 1.807) is 0 Å². The van der Waals surface area contributed by atoms with Crippen LogP contribution in [0.25, 0.3) is 0 Å². The Morgan fingerprint density at radius 1 is 1.45 bits per heavy atom. The Hall–Kier alpha value is -0.570. The first-order valence-electron chi connectivity index (χ1n) is 4.25. The van der Waals surface area contributed by atoms with E-state index in [-0.39, 0.29) is 11.8 Å². The van der Waals surface area contributed by atoms with E-state index in [0.717, 1.165) is 12.8 Å². The highest BCUT2D eigenvalue weighted by Crippen LogP contribution is 2.25. The first-order valence-corrected chi connectivity index (χ1v) is 4.25. The van der Waals surface area contributed by atoms with E-state index in [4.69, 9.17) is 0 Å².